The molecule has 120 valence electrons. The molecule has 6 heteroatoms. The molecule has 0 amide bonds. The van der Waals surface area contributed by atoms with E-state index >= 15 is 0 Å². The first-order valence-corrected chi connectivity index (χ1v) is 9.95. The van der Waals surface area contributed by atoms with Crippen molar-refractivity contribution in [3.63, 3.8) is 0 Å². The van der Waals surface area contributed by atoms with E-state index in [0.717, 1.165) is 31.1 Å². The summed E-state index contributed by atoms with van der Waals surface area (Å²) >= 11 is 0. The van der Waals surface area contributed by atoms with Gasteiger partial charge in [-0.25, -0.2) is 8.42 Å². The Hall–Kier alpha value is -0.620. The number of carbonyl (C=O) groups is 1. The molecule has 1 heterocycles. The summed E-state index contributed by atoms with van der Waals surface area (Å²) in [5.74, 6) is 1.11. The van der Waals surface area contributed by atoms with Crippen LogP contribution in [0, 0.1) is 11.8 Å². The van der Waals surface area contributed by atoms with E-state index in [9.17, 15) is 18.3 Å². The minimum Gasteiger partial charge on any atom is -0.480 e. The number of carboxylic acids is 1. The number of rotatable bonds is 5. The number of carboxylic acid groups (broad SMARTS) is 1. The first-order chi connectivity index (χ1) is 9.94. The molecule has 0 aromatic carbocycles. The van der Waals surface area contributed by atoms with Gasteiger partial charge in [0, 0.05) is 12.1 Å². The van der Waals surface area contributed by atoms with Crippen LogP contribution in [-0.2, 0) is 14.6 Å². The quantitative estimate of drug-likeness (QED) is 0.833. The van der Waals surface area contributed by atoms with E-state index in [0.29, 0.717) is 6.42 Å². The summed E-state index contributed by atoms with van der Waals surface area (Å²) in [6.45, 7) is -0.0117. The monoisotopic (exact) mass is 315 g/mol. The normalized spacial score (nSPS) is 36.0. The average molecular weight is 315 g/mol. The third kappa shape index (κ3) is 3.77. The van der Waals surface area contributed by atoms with Gasteiger partial charge in [-0.1, -0.05) is 12.8 Å². The molecule has 0 spiro atoms. The van der Waals surface area contributed by atoms with Crippen LogP contribution in [0.25, 0.3) is 0 Å². The second-order valence-electron chi connectivity index (χ2n) is 7.04. The fourth-order valence-electron chi connectivity index (χ4n) is 4.25. The van der Waals surface area contributed by atoms with Crippen LogP contribution in [0.4, 0.5) is 0 Å². The van der Waals surface area contributed by atoms with Crippen molar-refractivity contribution in [2.75, 3.05) is 18.1 Å². The highest BCUT2D eigenvalue weighted by molar-refractivity contribution is 7.91. The molecular weight excluding hydrogens is 290 g/mol. The molecule has 0 radical (unpaired) electrons. The lowest BCUT2D eigenvalue weighted by molar-refractivity contribution is -0.140. The van der Waals surface area contributed by atoms with Gasteiger partial charge in [-0.15, -0.1) is 0 Å². The second kappa shape index (κ2) is 5.88. The Bertz CT molecular complexity index is 500. The summed E-state index contributed by atoms with van der Waals surface area (Å²) in [6, 6.07) is 0.174. The fraction of sp³-hybridized carbons (Fsp3) is 0.933. The Morgan fingerprint density at radius 2 is 1.81 bits per heavy atom. The van der Waals surface area contributed by atoms with Crippen LogP contribution in [0.1, 0.15) is 44.9 Å². The Morgan fingerprint density at radius 1 is 1.05 bits per heavy atom. The van der Waals surface area contributed by atoms with E-state index in [1.807, 2.05) is 4.90 Å². The Balaban J connectivity index is 1.70. The summed E-state index contributed by atoms with van der Waals surface area (Å²) in [5.41, 5.74) is 0. The van der Waals surface area contributed by atoms with E-state index in [-0.39, 0.29) is 30.1 Å². The topological polar surface area (TPSA) is 74.7 Å². The minimum absolute atomic E-state index is 0.0117. The van der Waals surface area contributed by atoms with Crippen molar-refractivity contribution in [1.29, 1.82) is 0 Å². The third-order valence-corrected chi connectivity index (χ3v) is 7.19. The van der Waals surface area contributed by atoms with Gasteiger partial charge >= 0.3 is 5.97 Å². The van der Waals surface area contributed by atoms with Crippen LogP contribution >= 0.6 is 0 Å². The maximum Gasteiger partial charge on any atom is 0.317 e. The lowest BCUT2D eigenvalue weighted by Gasteiger charge is -2.39. The molecule has 1 aliphatic heterocycles. The van der Waals surface area contributed by atoms with Crippen LogP contribution < -0.4 is 0 Å². The molecule has 0 bridgehead atoms. The zero-order chi connectivity index (χ0) is 15.0. The number of aliphatic carboxylic acids is 1. The van der Waals surface area contributed by atoms with Gasteiger partial charge in [0.1, 0.15) is 0 Å². The van der Waals surface area contributed by atoms with Crippen LogP contribution in [0.5, 0.6) is 0 Å². The Kier molecular flexibility index (Phi) is 4.28. The van der Waals surface area contributed by atoms with Crippen molar-refractivity contribution < 1.29 is 18.3 Å². The molecule has 3 rings (SSSR count). The molecule has 3 atom stereocenters. The van der Waals surface area contributed by atoms with Gasteiger partial charge in [0.15, 0.2) is 9.84 Å². The highest BCUT2D eigenvalue weighted by Gasteiger charge is 2.41. The molecule has 21 heavy (non-hydrogen) atoms. The number of hydrogen-bond donors (Lipinski definition) is 1. The van der Waals surface area contributed by atoms with Crippen LogP contribution in [0.3, 0.4) is 0 Å². The smallest absolute Gasteiger partial charge is 0.317 e. The molecule has 3 unspecified atom stereocenters. The van der Waals surface area contributed by atoms with Crippen LogP contribution in [0.15, 0.2) is 0 Å². The first kappa shape index (κ1) is 15.3. The van der Waals surface area contributed by atoms with Crippen molar-refractivity contribution in [1.82, 2.24) is 4.90 Å². The standard InChI is InChI=1S/C15H25NO4S/c17-15(18)9-16(14-6-7-21(19,20)10-14)13-3-1-2-12(8-13)11-4-5-11/h11-14H,1-10H2,(H,17,18). The molecule has 1 N–H and O–H groups in total. The molecule has 2 aliphatic carbocycles. The molecule has 0 aromatic rings. The van der Waals surface area contributed by atoms with Crippen LogP contribution in [-0.4, -0.2) is 54.5 Å². The highest BCUT2D eigenvalue weighted by atomic mass is 32.2. The predicted octanol–water partition coefficient (Wildman–Crippen LogP) is 1.53. The molecular formula is C15H25NO4S. The molecule has 1 saturated heterocycles. The highest BCUT2D eigenvalue weighted by Crippen LogP contribution is 2.45. The van der Waals surface area contributed by atoms with Crippen molar-refractivity contribution in [2.24, 2.45) is 11.8 Å². The maximum absolute atomic E-state index is 11.7. The average Bonchev–Trinajstić information content (AvgIpc) is 3.20. The minimum atomic E-state index is -2.97. The largest absolute Gasteiger partial charge is 0.480 e. The number of nitrogens with zero attached hydrogens (tertiary/aromatic N) is 1. The first-order valence-electron chi connectivity index (χ1n) is 8.12. The van der Waals surface area contributed by atoms with Gasteiger partial charge in [0.25, 0.3) is 0 Å². The van der Waals surface area contributed by atoms with Crippen molar-refractivity contribution >= 4 is 15.8 Å². The van der Waals surface area contributed by atoms with Gasteiger partial charge < -0.3 is 5.11 Å². The Labute approximate surface area is 126 Å². The predicted molar refractivity (Wildman–Crippen MR) is 79.9 cm³/mol. The molecule has 3 aliphatic rings. The second-order valence-corrected chi connectivity index (χ2v) is 9.27. The van der Waals surface area contributed by atoms with Crippen LogP contribution in [0.2, 0.25) is 0 Å². The molecule has 0 aromatic heterocycles. The van der Waals surface area contributed by atoms with Crippen molar-refractivity contribution in [3.8, 4) is 0 Å². The molecule has 2 saturated carbocycles. The summed E-state index contributed by atoms with van der Waals surface area (Å²) in [6.07, 6.45) is 7.76. The van der Waals surface area contributed by atoms with Gasteiger partial charge in [0.05, 0.1) is 18.1 Å². The molecule has 3 fully saturated rings. The maximum atomic E-state index is 11.7. The zero-order valence-corrected chi connectivity index (χ0v) is 13.2. The van der Waals surface area contributed by atoms with Gasteiger partial charge in [-0.3, -0.25) is 9.69 Å². The van der Waals surface area contributed by atoms with Gasteiger partial charge in [-0.05, 0) is 43.9 Å². The van der Waals surface area contributed by atoms with E-state index < -0.39 is 15.8 Å². The Morgan fingerprint density at radius 3 is 2.38 bits per heavy atom. The summed E-state index contributed by atoms with van der Waals surface area (Å²) in [5, 5.41) is 9.20. The fourth-order valence-corrected chi connectivity index (χ4v) is 5.99. The van der Waals surface area contributed by atoms with Gasteiger partial charge in [-0.2, -0.15) is 0 Å². The third-order valence-electron chi connectivity index (χ3n) is 5.44. The summed E-state index contributed by atoms with van der Waals surface area (Å²) in [4.78, 5) is 13.2. The van der Waals surface area contributed by atoms with E-state index in [2.05, 4.69) is 0 Å². The summed E-state index contributed by atoms with van der Waals surface area (Å²) in [7, 11) is -2.97. The lowest BCUT2D eigenvalue weighted by Crippen LogP contribution is -2.48. The van der Waals surface area contributed by atoms with E-state index in [4.69, 9.17) is 0 Å². The molecule has 5 nitrogen and oxygen atoms in total. The number of hydrogen-bond acceptors (Lipinski definition) is 4. The van der Waals surface area contributed by atoms with Gasteiger partial charge in [0.2, 0.25) is 0 Å². The lowest BCUT2D eigenvalue weighted by atomic mass is 9.81. The van der Waals surface area contributed by atoms with E-state index in [1.54, 1.807) is 0 Å². The zero-order valence-electron chi connectivity index (χ0n) is 12.4. The summed E-state index contributed by atoms with van der Waals surface area (Å²) < 4.78 is 23.4. The van der Waals surface area contributed by atoms with E-state index in [1.165, 1.54) is 19.3 Å². The SMILES string of the molecule is O=C(O)CN(C1CCCC(C2CC2)C1)C1CCS(=O)(=O)C1. The van der Waals surface area contributed by atoms with Crippen molar-refractivity contribution in [2.45, 2.75) is 57.0 Å². The number of sulfone groups is 1. The van der Waals surface area contributed by atoms with Crippen molar-refractivity contribution in [3.05, 3.63) is 0 Å².